The van der Waals surface area contributed by atoms with Crippen molar-refractivity contribution in [2.24, 2.45) is 0 Å². The maximum Gasteiger partial charge on any atom is 0.277 e. The van der Waals surface area contributed by atoms with Gasteiger partial charge in [0.2, 0.25) is 0 Å². The molecule has 1 fully saturated rings. The van der Waals surface area contributed by atoms with Gasteiger partial charge in [0.15, 0.2) is 5.82 Å². The molecular formula is C23H24N4O. The summed E-state index contributed by atoms with van der Waals surface area (Å²) >= 11 is 0. The molecule has 0 aliphatic heterocycles. The summed E-state index contributed by atoms with van der Waals surface area (Å²) in [5, 5.41) is 3.41. The van der Waals surface area contributed by atoms with Crippen LogP contribution in [0.5, 0.6) is 0 Å². The van der Waals surface area contributed by atoms with E-state index in [0.717, 1.165) is 29.7 Å². The van der Waals surface area contributed by atoms with Crippen molar-refractivity contribution in [3.63, 3.8) is 0 Å². The molecule has 4 rings (SSSR count). The van der Waals surface area contributed by atoms with Gasteiger partial charge in [-0.2, -0.15) is 0 Å². The van der Waals surface area contributed by atoms with Gasteiger partial charge in [0.25, 0.3) is 5.91 Å². The number of benzene rings is 2. The maximum absolute atomic E-state index is 13.3. The first-order chi connectivity index (χ1) is 13.6. The second kappa shape index (κ2) is 7.80. The van der Waals surface area contributed by atoms with E-state index in [4.69, 9.17) is 0 Å². The number of nitrogens with one attached hydrogen (secondary N) is 1. The third-order valence-corrected chi connectivity index (χ3v) is 4.78. The van der Waals surface area contributed by atoms with Crippen molar-refractivity contribution in [2.75, 3.05) is 16.8 Å². The molecule has 0 spiro atoms. The lowest BCUT2D eigenvalue weighted by Gasteiger charge is -2.21. The number of hydrogen-bond acceptors (Lipinski definition) is 4. The number of rotatable bonds is 6. The standard InChI is InChI=1S/C23H24N4O/c1-3-27(19-11-7-8-16(2)14-19)23(28)20-15-21(24-18-12-13-18)26-22(25-20)17-9-5-4-6-10-17/h4-11,14-15,18H,3,12-13H2,1-2H3,(H,24,25,26). The highest BCUT2D eigenvalue weighted by molar-refractivity contribution is 6.05. The number of carbonyl (C=O) groups excluding carboxylic acids is 1. The minimum absolute atomic E-state index is 0.119. The Labute approximate surface area is 165 Å². The Morgan fingerprint density at radius 2 is 1.86 bits per heavy atom. The van der Waals surface area contributed by atoms with Crippen molar-refractivity contribution in [1.29, 1.82) is 0 Å². The SMILES string of the molecule is CCN(C(=O)c1cc(NC2CC2)nc(-c2ccccc2)n1)c1cccc(C)c1. The summed E-state index contributed by atoms with van der Waals surface area (Å²) in [6.45, 7) is 4.57. The zero-order chi connectivity index (χ0) is 19.5. The fraction of sp³-hybridized carbons (Fsp3) is 0.261. The normalized spacial score (nSPS) is 13.2. The Hall–Kier alpha value is -3.21. The van der Waals surface area contributed by atoms with E-state index in [9.17, 15) is 4.79 Å². The lowest BCUT2D eigenvalue weighted by Crippen LogP contribution is -2.31. The highest BCUT2D eigenvalue weighted by Crippen LogP contribution is 2.26. The van der Waals surface area contributed by atoms with E-state index in [-0.39, 0.29) is 5.91 Å². The Bertz CT molecular complexity index is 983. The van der Waals surface area contributed by atoms with Crippen LogP contribution in [0.25, 0.3) is 11.4 Å². The van der Waals surface area contributed by atoms with Crippen molar-refractivity contribution in [2.45, 2.75) is 32.7 Å². The molecule has 1 amide bonds. The van der Waals surface area contributed by atoms with E-state index in [0.29, 0.717) is 29.9 Å². The topological polar surface area (TPSA) is 58.1 Å². The average molecular weight is 372 g/mol. The molecule has 1 N–H and O–H groups in total. The summed E-state index contributed by atoms with van der Waals surface area (Å²) in [6, 6.07) is 20.0. The van der Waals surface area contributed by atoms with Crippen molar-refractivity contribution in [3.8, 4) is 11.4 Å². The van der Waals surface area contributed by atoms with Crippen LogP contribution < -0.4 is 10.2 Å². The summed E-state index contributed by atoms with van der Waals surface area (Å²) in [5.74, 6) is 1.15. The van der Waals surface area contributed by atoms with Crippen LogP contribution in [0.3, 0.4) is 0 Å². The molecule has 0 atom stereocenters. The Kier molecular flexibility index (Phi) is 5.06. The first kappa shape index (κ1) is 18.2. The Morgan fingerprint density at radius 3 is 2.54 bits per heavy atom. The quantitative estimate of drug-likeness (QED) is 0.682. The number of hydrogen-bond donors (Lipinski definition) is 1. The summed E-state index contributed by atoms with van der Waals surface area (Å²) in [4.78, 5) is 24.3. The van der Waals surface area contributed by atoms with Crippen LogP contribution in [0.4, 0.5) is 11.5 Å². The molecule has 0 radical (unpaired) electrons. The lowest BCUT2D eigenvalue weighted by molar-refractivity contribution is 0.0983. The van der Waals surface area contributed by atoms with Gasteiger partial charge in [0, 0.05) is 29.9 Å². The summed E-state index contributed by atoms with van der Waals surface area (Å²) in [7, 11) is 0. The van der Waals surface area contributed by atoms with Crippen molar-refractivity contribution < 1.29 is 4.79 Å². The van der Waals surface area contributed by atoms with Gasteiger partial charge in [-0.25, -0.2) is 9.97 Å². The Balaban J connectivity index is 1.73. The predicted molar refractivity (Wildman–Crippen MR) is 113 cm³/mol. The minimum Gasteiger partial charge on any atom is -0.367 e. The molecule has 0 saturated heterocycles. The van der Waals surface area contributed by atoms with Crippen LogP contribution in [-0.4, -0.2) is 28.5 Å². The highest BCUT2D eigenvalue weighted by atomic mass is 16.2. The lowest BCUT2D eigenvalue weighted by atomic mass is 10.2. The number of amides is 1. The van der Waals surface area contributed by atoms with E-state index in [1.165, 1.54) is 0 Å². The van der Waals surface area contributed by atoms with Crippen molar-refractivity contribution in [1.82, 2.24) is 9.97 Å². The number of nitrogens with zero attached hydrogens (tertiary/aromatic N) is 3. The number of carbonyl (C=O) groups is 1. The van der Waals surface area contributed by atoms with E-state index in [2.05, 4.69) is 15.3 Å². The van der Waals surface area contributed by atoms with Gasteiger partial charge in [-0.05, 0) is 44.4 Å². The number of aromatic nitrogens is 2. The van der Waals surface area contributed by atoms with Gasteiger partial charge in [-0.3, -0.25) is 4.79 Å². The van der Waals surface area contributed by atoms with E-state index >= 15 is 0 Å². The molecule has 1 heterocycles. The van der Waals surface area contributed by atoms with E-state index < -0.39 is 0 Å². The molecule has 1 aromatic heterocycles. The van der Waals surface area contributed by atoms with Crippen molar-refractivity contribution >= 4 is 17.4 Å². The molecule has 0 unspecified atom stereocenters. The van der Waals surface area contributed by atoms with E-state index in [1.54, 1.807) is 11.0 Å². The van der Waals surface area contributed by atoms with Crippen LogP contribution in [0.1, 0.15) is 35.8 Å². The first-order valence-electron chi connectivity index (χ1n) is 9.73. The van der Waals surface area contributed by atoms with Gasteiger partial charge in [0.05, 0.1) is 0 Å². The molecule has 1 aliphatic carbocycles. The second-order valence-electron chi connectivity index (χ2n) is 7.14. The van der Waals surface area contributed by atoms with Gasteiger partial charge in [-0.1, -0.05) is 42.5 Å². The maximum atomic E-state index is 13.3. The van der Waals surface area contributed by atoms with E-state index in [1.807, 2.05) is 68.4 Å². The number of anilines is 2. The van der Waals surface area contributed by atoms with Gasteiger partial charge in [0.1, 0.15) is 11.5 Å². The van der Waals surface area contributed by atoms with Gasteiger partial charge >= 0.3 is 0 Å². The van der Waals surface area contributed by atoms with Crippen LogP contribution in [0.15, 0.2) is 60.7 Å². The first-order valence-corrected chi connectivity index (χ1v) is 9.73. The third kappa shape index (κ3) is 4.03. The average Bonchev–Trinajstić information content (AvgIpc) is 3.53. The van der Waals surface area contributed by atoms with Gasteiger partial charge < -0.3 is 10.2 Å². The van der Waals surface area contributed by atoms with Crippen LogP contribution in [0, 0.1) is 6.92 Å². The molecular weight excluding hydrogens is 348 g/mol. The molecule has 0 bridgehead atoms. The second-order valence-corrected chi connectivity index (χ2v) is 7.14. The number of aryl methyl sites for hydroxylation is 1. The summed E-state index contributed by atoms with van der Waals surface area (Å²) in [6.07, 6.45) is 2.27. The van der Waals surface area contributed by atoms with Crippen LogP contribution in [-0.2, 0) is 0 Å². The predicted octanol–water partition coefficient (Wildman–Crippen LogP) is 4.69. The molecule has 1 saturated carbocycles. The Morgan fingerprint density at radius 1 is 1.07 bits per heavy atom. The monoisotopic (exact) mass is 372 g/mol. The fourth-order valence-electron chi connectivity index (χ4n) is 3.16. The molecule has 28 heavy (non-hydrogen) atoms. The van der Waals surface area contributed by atoms with Crippen LogP contribution in [0.2, 0.25) is 0 Å². The smallest absolute Gasteiger partial charge is 0.277 e. The van der Waals surface area contributed by atoms with Gasteiger partial charge in [-0.15, -0.1) is 0 Å². The zero-order valence-electron chi connectivity index (χ0n) is 16.2. The zero-order valence-corrected chi connectivity index (χ0v) is 16.2. The molecule has 5 heteroatoms. The minimum atomic E-state index is -0.119. The molecule has 142 valence electrons. The van der Waals surface area contributed by atoms with Crippen molar-refractivity contribution in [3.05, 3.63) is 71.9 Å². The molecule has 2 aromatic carbocycles. The molecule has 1 aliphatic rings. The molecule has 5 nitrogen and oxygen atoms in total. The largest absolute Gasteiger partial charge is 0.367 e. The summed E-state index contributed by atoms with van der Waals surface area (Å²) in [5.41, 5.74) is 3.30. The summed E-state index contributed by atoms with van der Waals surface area (Å²) < 4.78 is 0. The third-order valence-electron chi connectivity index (χ3n) is 4.78. The fourth-order valence-corrected chi connectivity index (χ4v) is 3.16. The molecule has 3 aromatic rings. The highest BCUT2D eigenvalue weighted by Gasteiger charge is 2.24. The van der Waals surface area contributed by atoms with Crippen LogP contribution >= 0.6 is 0 Å².